The van der Waals surface area contributed by atoms with Gasteiger partial charge in [-0.1, -0.05) is 43.3 Å². The zero-order valence-electron chi connectivity index (χ0n) is 11.0. The number of benzene rings is 1. The van der Waals surface area contributed by atoms with Crippen LogP contribution in [0.15, 0.2) is 48.7 Å². The van der Waals surface area contributed by atoms with Crippen molar-refractivity contribution in [3.8, 4) is 0 Å². The molecule has 0 amide bonds. The van der Waals surface area contributed by atoms with Crippen LogP contribution in [-0.4, -0.2) is 10.8 Å². The number of rotatable bonds is 3. The van der Waals surface area contributed by atoms with E-state index in [1.807, 2.05) is 43.3 Å². The second kappa shape index (κ2) is 4.96. The molecule has 0 radical (unpaired) electrons. The molecule has 2 nitrogen and oxygen atoms in total. The molecule has 0 N–H and O–H groups in total. The highest BCUT2D eigenvalue weighted by Gasteiger charge is 2.32. The van der Waals surface area contributed by atoms with Gasteiger partial charge in [-0.2, -0.15) is 0 Å². The molecule has 1 aromatic heterocycles. The number of hydrogen-bond acceptors (Lipinski definition) is 2. The summed E-state index contributed by atoms with van der Waals surface area (Å²) in [7, 11) is 0. The molecule has 2 heteroatoms. The second-order valence-electron chi connectivity index (χ2n) is 5.17. The lowest BCUT2D eigenvalue weighted by atomic mass is 9.87. The molecule has 0 saturated heterocycles. The SMILES string of the molecule is CC(C(=O)C1CCc2cccnc21)c1ccccc1. The maximum absolute atomic E-state index is 12.7. The number of fused-ring (bicyclic) bond motifs is 1. The summed E-state index contributed by atoms with van der Waals surface area (Å²) in [6, 6.07) is 14.0. The second-order valence-corrected chi connectivity index (χ2v) is 5.17. The van der Waals surface area contributed by atoms with Crippen molar-refractivity contribution in [3.05, 3.63) is 65.5 Å². The highest BCUT2D eigenvalue weighted by Crippen LogP contribution is 2.35. The largest absolute Gasteiger partial charge is 0.298 e. The van der Waals surface area contributed by atoms with Crippen LogP contribution in [0.5, 0.6) is 0 Å². The van der Waals surface area contributed by atoms with Crippen LogP contribution in [0.2, 0.25) is 0 Å². The van der Waals surface area contributed by atoms with Crippen molar-refractivity contribution >= 4 is 5.78 Å². The van der Waals surface area contributed by atoms with Crippen molar-refractivity contribution in [2.24, 2.45) is 0 Å². The van der Waals surface area contributed by atoms with Gasteiger partial charge in [-0.25, -0.2) is 0 Å². The van der Waals surface area contributed by atoms with E-state index in [0.717, 1.165) is 24.1 Å². The van der Waals surface area contributed by atoms with E-state index in [9.17, 15) is 4.79 Å². The number of hydrogen-bond donors (Lipinski definition) is 0. The van der Waals surface area contributed by atoms with Crippen molar-refractivity contribution in [3.63, 3.8) is 0 Å². The topological polar surface area (TPSA) is 30.0 Å². The number of aryl methyl sites for hydroxylation is 1. The minimum Gasteiger partial charge on any atom is -0.298 e. The Balaban J connectivity index is 1.86. The van der Waals surface area contributed by atoms with Crippen molar-refractivity contribution < 1.29 is 4.79 Å². The highest BCUT2D eigenvalue weighted by atomic mass is 16.1. The number of nitrogens with zero attached hydrogens (tertiary/aromatic N) is 1. The van der Waals surface area contributed by atoms with Crippen LogP contribution in [-0.2, 0) is 11.2 Å². The van der Waals surface area contributed by atoms with Crippen LogP contribution < -0.4 is 0 Å². The summed E-state index contributed by atoms with van der Waals surface area (Å²) >= 11 is 0. The van der Waals surface area contributed by atoms with E-state index in [-0.39, 0.29) is 11.8 Å². The molecule has 1 aliphatic rings. The van der Waals surface area contributed by atoms with E-state index in [1.165, 1.54) is 5.56 Å². The van der Waals surface area contributed by atoms with E-state index in [4.69, 9.17) is 0 Å². The van der Waals surface area contributed by atoms with Gasteiger partial charge in [0.15, 0.2) is 0 Å². The molecular formula is C17H17NO. The maximum atomic E-state index is 12.7. The average molecular weight is 251 g/mol. The van der Waals surface area contributed by atoms with Crippen LogP contribution >= 0.6 is 0 Å². The average Bonchev–Trinajstić information content (AvgIpc) is 2.90. The van der Waals surface area contributed by atoms with Gasteiger partial charge >= 0.3 is 0 Å². The van der Waals surface area contributed by atoms with Crippen LogP contribution in [0.3, 0.4) is 0 Å². The van der Waals surface area contributed by atoms with E-state index in [1.54, 1.807) is 6.20 Å². The number of carbonyl (C=O) groups is 1. The van der Waals surface area contributed by atoms with E-state index < -0.39 is 0 Å². The van der Waals surface area contributed by atoms with E-state index in [0.29, 0.717) is 5.78 Å². The molecule has 1 heterocycles. The number of aromatic nitrogens is 1. The van der Waals surface area contributed by atoms with Crippen LogP contribution in [0.4, 0.5) is 0 Å². The Hall–Kier alpha value is -1.96. The van der Waals surface area contributed by atoms with E-state index >= 15 is 0 Å². The summed E-state index contributed by atoms with van der Waals surface area (Å²) in [5.41, 5.74) is 3.33. The van der Waals surface area contributed by atoms with E-state index in [2.05, 4.69) is 11.1 Å². The third kappa shape index (κ3) is 2.19. The van der Waals surface area contributed by atoms with Crippen molar-refractivity contribution in [2.45, 2.75) is 31.6 Å². The quantitative estimate of drug-likeness (QED) is 0.836. The summed E-state index contributed by atoms with van der Waals surface area (Å²) in [5, 5.41) is 0. The van der Waals surface area contributed by atoms with Gasteiger partial charge in [-0.3, -0.25) is 9.78 Å². The Morgan fingerprint density at radius 2 is 2.00 bits per heavy atom. The molecular weight excluding hydrogens is 234 g/mol. The van der Waals surface area contributed by atoms with Gasteiger partial charge in [0.1, 0.15) is 5.78 Å². The Morgan fingerprint density at radius 3 is 2.79 bits per heavy atom. The molecule has 3 rings (SSSR count). The zero-order chi connectivity index (χ0) is 13.2. The minimum atomic E-state index is -0.0563. The molecule has 0 saturated carbocycles. The number of pyridine rings is 1. The molecule has 1 aliphatic carbocycles. The standard InChI is InChI=1S/C17H17NO/c1-12(13-6-3-2-4-7-13)17(19)15-10-9-14-8-5-11-18-16(14)15/h2-8,11-12,15H,9-10H2,1H3. The Labute approximate surface area is 113 Å². The molecule has 19 heavy (non-hydrogen) atoms. The van der Waals surface area contributed by atoms with Gasteiger partial charge in [0, 0.05) is 12.1 Å². The summed E-state index contributed by atoms with van der Waals surface area (Å²) in [6.07, 6.45) is 3.67. The lowest BCUT2D eigenvalue weighted by Crippen LogP contribution is -2.17. The molecule has 1 aromatic carbocycles. The summed E-state index contributed by atoms with van der Waals surface area (Å²) in [4.78, 5) is 17.1. The number of Topliss-reactive ketones (excluding diaryl/α,β-unsaturated/α-hetero) is 1. The fourth-order valence-corrected chi connectivity index (χ4v) is 2.90. The Morgan fingerprint density at radius 1 is 1.21 bits per heavy atom. The van der Waals surface area contributed by atoms with Gasteiger partial charge in [-0.15, -0.1) is 0 Å². The molecule has 2 aromatic rings. The summed E-state index contributed by atoms with van der Waals surface area (Å²) in [6.45, 7) is 2.00. The van der Waals surface area contributed by atoms with Gasteiger partial charge in [0.2, 0.25) is 0 Å². The Bertz CT molecular complexity index is 591. The maximum Gasteiger partial charge on any atom is 0.149 e. The van der Waals surface area contributed by atoms with Gasteiger partial charge < -0.3 is 0 Å². The minimum absolute atomic E-state index is 0.0218. The van der Waals surface area contributed by atoms with Crippen molar-refractivity contribution in [1.29, 1.82) is 0 Å². The molecule has 0 fully saturated rings. The molecule has 0 aliphatic heterocycles. The lowest BCUT2D eigenvalue weighted by molar-refractivity contribution is -0.121. The van der Waals surface area contributed by atoms with Gasteiger partial charge in [0.25, 0.3) is 0 Å². The first-order valence-electron chi connectivity index (χ1n) is 6.80. The molecule has 2 atom stereocenters. The van der Waals surface area contributed by atoms with Crippen LogP contribution in [0, 0.1) is 0 Å². The number of ketones is 1. The summed E-state index contributed by atoms with van der Waals surface area (Å²) in [5.74, 6) is 0.217. The fourth-order valence-electron chi connectivity index (χ4n) is 2.90. The first-order valence-corrected chi connectivity index (χ1v) is 6.80. The number of carbonyl (C=O) groups excluding carboxylic acids is 1. The highest BCUT2D eigenvalue weighted by molar-refractivity contribution is 5.91. The predicted octanol–water partition coefficient (Wildman–Crippen LogP) is 3.48. The van der Waals surface area contributed by atoms with Gasteiger partial charge in [-0.05, 0) is 30.0 Å². The summed E-state index contributed by atoms with van der Waals surface area (Å²) < 4.78 is 0. The zero-order valence-corrected chi connectivity index (χ0v) is 11.0. The predicted molar refractivity (Wildman–Crippen MR) is 75.2 cm³/mol. The normalized spacial score (nSPS) is 18.9. The molecule has 0 spiro atoms. The van der Waals surface area contributed by atoms with Crippen LogP contribution in [0.25, 0.3) is 0 Å². The van der Waals surface area contributed by atoms with Crippen molar-refractivity contribution in [1.82, 2.24) is 4.98 Å². The smallest absolute Gasteiger partial charge is 0.149 e. The van der Waals surface area contributed by atoms with Gasteiger partial charge in [0.05, 0.1) is 11.6 Å². The Kier molecular flexibility index (Phi) is 3.16. The third-order valence-corrected chi connectivity index (χ3v) is 4.03. The molecule has 0 bridgehead atoms. The lowest BCUT2D eigenvalue weighted by Gasteiger charge is -2.16. The van der Waals surface area contributed by atoms with Crippen molar-refractivity contribution in [2.75, 3.05) is 0 Å². The molecule has 96 valence electrons. The fraction of sp³-hybridized carbons (Fsp3) is 0.294. The molecule has 2 unspecified atom stereocenters. The monoisotopic (exact) mass is 251 g/mol. The third-order valence-electron chi connectivity index (χ3n) is 4.03. The van der Waals surface area contributed by atoms with Crippen LogP contribution in [0.1, 0.15) is 42.0 Å². The first kappa shape index (κ1) is 12.1. The first-order chi connectivity index (χ1) is 9.27.